The summed E-state index contributed by atoms with van der Waals surface area (Å²) in [6.07, 6.45) is 0.0360. The minimum Gasteiger partial charge on any atom is -0.489 e. The highest BCUT2D eigenvalue weighted by molar-refractivity contribution is 5.95. The van der Waals surface area contributed by atoms with Gasteiger partial charge in [-0.15, -0.1) is 0 Å². The molecule has 3 aromatic carbocycles. The molecule has 1 heterocycles. The van der Waals surface area contributed by atoms with Gasteiger partial charge in [-0.25, -0.2) is 0 Å². The minimum atomic E-state index is -0.227. The van der Waals surface area contributed by atoms with E-state index in [1.54, 1.807) is 42.5 Å². The number of nitrogens with zero attached hydrogens (tertiary/aromatic N) is 2. The molecule has 2 unspecified atom stereocenters. The molecule has 0 aliphatic carbocycles. The summed E-state index contributed by atoms with van der Waals surface area (Å²) in [5.41, 5.74) is 3.34. The maximum Gasteiger partial charge on any atom is 0.254 e. The molecule has 1 saturated heterocycles. The van der Waals surface area contributed by atoms with Crippen LogP contribution in [0.15, 0.2) is 72.8 Å². The Morgan fingerprint density at radius 1 is 1.00 bits per heavy atom. The molecule has 7 nitrogen and oxygen atoms in total. The maximum absolute atomic E-state index is 12.8. The van der Waals surface area contributed by atoms with Crippen molar-refractivity contribution < 1.29 is 19.1 Å². The van der Waals surface area contributed by atoms with Crippen molar-refractivity contribution in [3.8, 4) is 11.8 Å². The zero-order valence-corrected chi connectivity index (χ0v) is 20.4. The van der Waals surface area contributed by atoms with Crippen molar-refractivity contribution in [3.05, 3.63) is 101 Å². The van der Waals surface area contributed by atoms with Gasteiger partial charge in [0.2, 0.25) is 0 Å². The number of morpholine rings is 1. The Kier molecular flexibility index (Phi) is 7.99. The van der Waals surface area contributed by atoms with Crippen molar-refractivity contribution in [2.45, 2.75) is 39.2 Å². The van der Waals surface area contributed by atoms with Crippen molar-refractivity contribution in [1.29, 1.82) is 5.26 Å². The lowest BCUT2D eigenvalue weighted by Gasteiger charge is -2.35. The number of benzene rings is 3. The van der Waals surface area contributed by atoms with Crippen molar-refractivity contribution in [3.63, 3.8) is 0 Å². The number of nitrogens with one attached hydrogen (secondary N) is 1. The molecule has 184 valence electrons. The highest BCUT2D eigenvalue weighted by atomic mass is 16.5. The highest BCUT2D eigenvalue weighted by Crippen LogP contribution is 2.18. The second-order valence-corrected chi connectivity index (χ2v) is 8.93. The van der Waals surface area contributed by atoms with Gasteiger partial charge >= 0.3 is 0 Å². The first kappa shape index (κ1) is 25.0. The Hall–Kier alpha value is -4.15. The first-order chi connectivity index (χ1) is 17.4. The number of hydrogen-bond acceptors (Lipinski definition) is 5. The van der Waals surface area contributed by atoms with Crippen molar-refractivity contribution in [1.82, 2.24) is 10.2 Å². The average molecular weight is 484 g/mol. The number of ether oxygens (including phenoxy) is 2. The highest BCUT2D eigenvalue weighted by Gasteiger charge is 2.26. The fourth-order valence-corrected chi connectivity index (χ4v) is 4.22. The van der Waals surface area contributed by atoms with E-state index >= 15 is 0 Å². The van der Waals surface area contributed by atoms with E-state index in [4.69, 9.17) is 9.47 Å². The van der Waals surface area contributed by atoms with Gasteiger partial charge in [-0.2, -0.15) is 5.26 Å². The van der Waals surface area contributed by atoms with E-state index in [2.05, 4.69) is 11.4 Å². The molecule has 4 rings (SSSR count). The molecule has 1 aliphatic rings. The second-order valence-electron chi connectivity index (χ2n) is 8.93. The molecular weight excluding hydrogens is 454 g/mol. The lowest BCUT2D eigenvalue weighted by Crippen LogP contribution is -2.48. The van der Waals surface area contributed by atoms with Crippen LogP contribution in [0.1, 0.15) is 51.3 Å². The SMILES string of the molecule is CC1CN(C(=O)c2ccc(CNC(=O)c3cccc(OCc4ccccc4C#N)c3)cc2)CC(C)O1. The topological polar surface area (TPSA) is 91.7 Å². The van der Waals surface area contributed by atoms with E-state index in [1.807, 2.05) is 49.1 Å². The van der Waals surface area contributed by atoms with Crippen LogP contribution in [0.25, 0.3) is 0 Å². The predicted molar refractivity (Wildman–Crippen MR) is 135 cm³/mol. The van der Waals surface area contributed by atoms with Crippen LogP contribution in [0.4, 0.5) is 0 Å². The molecule has 1 aliphatic heterocycles. The lowest BCUT2D eigenvalue weighted by molar-refractivity contribution is -0.0586. The van der Waals surface area contributed by atoms with Crippen LogP contribution in [-0.4, -0.2) is 42.0 Å². The molecule has 3 aromatic rings. The maximum atomic E-state index is 12.8. The molecule has 36 heavy (non-hydrogen) atoms. The zero-order chi connectivity index (χ0) is 25.5. The first-order valence-electron chi connectivity index (χ1n) is 12.0. The molecule has 2 atom stereocenters. The quantitative estimate of drug-likeness (QED) is 0.541. The Morgan fingerprint density at radius 3 is 2.44 bits per heavy atom. The third kappa shape index (κ3) is 6.29. The molecule has 1 fully saturated rings. The van der Waals surface area contributed by atoms with Crippen LogP contribution in [0.5, 0.6) is 5.75 Å². The minimum absolute atomic E-state index is 0.0122. The number of amides is 2. The summed E-state index contributed by atoms with van der Waals surface area (Å²) in [6.45, 7) is 5.67. The standard InChI is InChI=1S/C29H29N3O4/c1-20-17-32(18-21(2)36-20)29(34)23-12-10-22(11-13-23)16-31-28(33)24-8-5-9-27(14-24)35-19-26-7-4-3-6-25(26)15-30/h3-14,20-21H,16-19H2,1-2H3,(H,31,33). The third-order valence-corrected chi connectivity index (χ3v) is 5.99. The van der Waals surface area contributed by atoms with Gasteiger partial charge in [0.05, 0.1) is 23.8 Å². The normalized spacial score (nSPS) is 17.2. The van der Waals surface area contributed by atoms with E-state index in [1.165, 1.54) is 0 Å². The van der Waals surface area contributed by atoms with E-state index in [-0.39, 0.29) is 30.6 Å². The number of carbonyl (C=O) groups is 2. The summed E-state index contributed by atoms with van der Waals surface area (Å²) in [5, 5.41) is 12.1. The van der Waals surface area contributed by atoms with E-state index in [0.717, 1.165) is 11.1 Å². The Morgan fingerprint density at radius 2 is 1.72 bits per heavy atom. The summed E-state index contributed by atoms with van der Waals surface area (Å²) < 4.78 is 11.5. The molecule has 0 radical (unpaired) electrons. The van der Waals surface area contributed by atoms with Gasteiger partial charge in [-0.05, 0) is 55.8 Å². The van der Waals surface area contributed by atoms with E-state index in [0.29, 0.717) is 42.1 Å². The first-order valence-corrected chi connectivity index (χ1v) is 12.0. The van der Waals surface area contributed by atoms with Crippen LogP contribution in [-0.2, 0) is 17.9 Å². The second kappa shape index (κ2) is 11.5. The summed E-state index contributed by atoms with van der Waals surface area (Å²) >= 11 is 0. The van der Waals surface area contributed by atoms with Gasteiger partial charge in [-0.3, -0.25) is 9.59 Å². The largest absolute Gasteiger partial charge is 0.489 e. The lowest BCUT2D eigenvalue weighted by atomic mass is 10.1. The molecule has 2 amide bonds. The summed E-state index contributed by atoms with van der Waals surface area (Å²) in [5.74, 6) is 0.307. The monoisotopic (exact) mass is 483 g/mol. The molecule has 0 aromatic heterocycles. The van der Waals surface area contributed by atoms with Gasteiger partial charge in [0.25, 0.3) is 11.8 Å². The summed E-state index contributed by atoms with van der Waals surface area (Å²) in [6, 6.07) is 23.6. The number of hydrogen-bond donors (Lipinski definition) is 1. The third-order valence-electron chi connectivity index (χ3n) is 5.99. The average Bonchev–Trinajstić information content (AvgIpc) is 2.90. The van der Waals surface area contributed by atoms with Gasteiger partial charge in [-0.1, -0.05) is 36.4 Å². The Balaban J connectivity index is 1.31. The van der Waals surface area contributed by atoms with Gasteiger partial charge in [0.1, 0.15) is 12.4 Å². The Bertz CT molecular complexity index is 1260. The van der Waals surface area contributed by atoms with Crippen molar-refractivity contribution in [2.75, 3.05) is 13.1 Å². The molecule has 0 spiro atoms. The Labute approximate surface area is 211 Å². The molecule has 0 bridgehead atoms. The number of rotatable bonds is 7. The van der Waals surface area contributed by atoms with Crippen LogP contribution in [0.3, 0.4) is 0 Å². The summed E-state index contributed by atoms with van der Waals surface area (Å²) in [4.78, 5) is 27.4. The summed E-state index contributed by atoms with van der Waals surface area (Å²) in [7, 11) is 0. The van der Waals surface area contributed by atoms with Crippen LogP contribution < -0.4 is 10.1 Å². The fraction of sp³-hybridized carbons (Fsp3) is 0.276. The van der Waals surface area contributed by atoms with Gasteiger partial charge in [0.15, 0.2) is 0 Å². The van der Waals surface area contributed by atoms with Crippen molar-refractivity contribution >= 4 is 11.8 Å². The van der Waals surface area contributed by atoms with Crippen LogP contribution >= 0.6 is 0 Å². The van der Waals surface area contributed by atoms with Crippen LogP contribution in [0.2, 0.25) is 0 Å². The van der Waals surface area contributed by atoms with E-state index in [9.17, 15) is 14.9 Å². The molecular formula is C29H29N3O4. The number of nitriles is 1. The fourth-order valence-electron chi connectivity index (χ4n) is 4.22. The molecule has 1 N–H and O–H groups in total. The van der Waals surface area contributed by atoms with Crippen LogP contribution in [0, 0.1) is 11.3 Å². The zero-order valence-electron chi connectivity index (χ0n) is 20.4. The van der Waals surface area contributed by atoms with E-state index < -0.39 is 0 Å². The predicted octanol–water partition coefficient (Wildman–Crippen LogP) is 4.32. The van der Waals surface area contributed by atoms with Crippen molar-refractivity contribution in [2.24, 2.45) is 0 Å². The molecule has 7 heteroatoms. The van der Waals surface area contributed by atoms with Gasteiger partial charge in [0, 0.05) is 36.3 Å². The van der Waals surface area contributed by atoms with Gasteiger partial charge < -0.3 is 19.7 Å². The smallest absolute Gasteiger partial charge is 0.254 e. The number of carbonyl (C=O) groups excluding carboxylic acids is 2. The molecule has 0 saturated carbocycles.